The summed E-state index contributed by atoms with van der Waals surface area (Å²) in [5, 5.41) is 0. The van der Waals surface area contributed by atoms with Crippen molar-refractivity contribution in [2.24, 2.45) is 11.8 Å². The molecule has 4 aliphatic carbocycles. The van der Waals surface area contributed by atoms with Crippen molar-refractivity contribution in [2.75, 3.05) is 0 Å². The summed E-state index contributed by atoms with van der Waals surface area (Å²) >= 11 is -1.43. The molecule has 26 heavy (non-hydrogen) atoms. The fourth-order valence-corrected chi connectivity index (χ4v) is 35.5. The predicted octanol–water partition coefficient (Wildman–Crippen LogP) is 0.546. The van der Waals surface area contributed by atoms with E-state index in [2.05, 4.69) is 50.3 Å². The van der Waals surface area contributed by atoms with Crippen molar-refractivity contribution in [2.45, 2.75) is 71.7 Å². The Morgan fingerprint density at radius 1 is 0.808 bits per heavy atom. The Kier molecular flexibility index (Phi) is 8.47. The van der Waals surface area contributed by atoms with Crippen LogP contribution in [0.4, 0.5) is 0 Å². The molecule has 0 aromatic rings. The first-order chi connectivity index (χ1) is 11.8. The molecule has 0 radical (unpaired) electrons. The molecule has 4 heteroatoms. The molecule has 4 rings (SSSR count). The molecule has 143 valence electrons. The minimum absolute atomic E-state index is 0. The Bertz CT molecular complexity index is 545. The fourth-order valence-electron chi connectivity index (χ4n) is 6.12. The smallest absolute Gasteiger partial charge is 1.00 e. The third-order valence-electron chi connectivity index (χ3n) is 7.31. The monoisotopic (exact) mass is 453 g/mol. The van der Waals surface area contributed by atoms with Crippen molar-refractivity contribution in [3.63, 3.8) is 0 Å². The summed E-state index contributed by atoms with van der Waals surface area (Å²) in [5.41, 5.74) is 3.89. The van der Waals surface area contributed by atoms with Crippen LogP contribution in [0.5, 0.6) is 0 Å². The van der Waals surface area contributed by atoms with Gasteiger partial charge in [-0.1, -0.05) is 0 Å². The summed E-state index contributed by atoms with van der Waals surface area (Å²) < 4.78 is 2.24. The minimum Gasteiger partial charge on any atom is -1.00 e. The van der Waals surface area contributed by atoms with Crippen molar-refractivity contribution in [3.8, 4) is 0 Å². The Labute approximate surface area is 166 Å². The van der Waals surface area contributed by atoms with Gasteiger partial charge in [0.2, 0.25) is 0 Å². The number of halogens is 2. The van der Waals surface area contributed by atoms with Crippen molar-refractivity contribution >= 4 is 5.92 Å². The maximum Gasteiger partial charge on any atom is -1.00 e. The second-order valence-corrected chi connectivity index (χ2v) is 27.2. The summed E-state index contributed by atoms with van der Waals surface area (Å²) in [6.45, 7) is 5.09. The largest absolute Gasteiger partial charge is 1.00 e. The van der Waals surface area contributed by atoms with Crippen LogP contribution in [0.2, 0.25) is 19.3 Å². The Morgan fingerprint density at radius 2 is 1.27 bits per heavy atom. The zero-order valence-corrected chi connectivity index (χ0v) is 19.9. The third-order valence-corrected chi connectivity index (χ3v) is 35.0. The Balaban J connectivity index is 0.00000121. The molecule has 4 aliphatic rings. The molecule has 0 spiro atoms. The number of rotatable bonds is 5. The van der Waals surface area contributed by atoms with Crippen molar-refractivity contribution in [3.05, 3.63) is 47.6 Å². The second-order valence-electron chi connectivity index (χ2n) is 8.33. The summed E-state index contributed by atoms with van der Waals surface area (Å²) in [7, 11) is 0. The molecule has 0 N–H and O–H groups in total. The zero-order chi connectivity index (χ0) is 16.5. The molecule has 0 aliphatic heterocycles. The van der Waals surface area contributed by atoms with Gasteiger partial charge in [-0.05, 0) is 0 Å². The van der Waals surface area contributed by atoms with E-state index in [0.29, 0.717) is 0 Å². The topological polar surface area (TPSA) is 0 Å². The van der Waals surface area contributed by atoms with Gasteiger partial charge in [-0.25, -0.2) is 0 Å². The van der Waals surface area contributed by atoms with Gasteiger partial charge in [-0.15, -0.1) is 0 Å². The van der Waals surface area contributed by atoms with Crippen LogP contribution in [0.15, 0.2) is 47.6 Å². The van der Waals surface area contributed by atoms with E-state index in [1.807, 2.05) is 11.1 Å². The molecule has 4 unspecified atom stereocenters. The quantitative estimate of drug-likeness (QED) is 0.532. The summed E-state index contributed by atoms with van der Waals surface area (Å²) in [4.78, 5) is 0. The van der Waals surface area contributed by atoms with Crippen LogP contribution in [0.25, 0.3) is 0 Å². The van der Waals surface area contributed by atoms with Crippen LogP contribution in [0, 0.1) is 11.8 Å². The molecule has 0 saturated heterocycles. The molecule has 0 heterocycles. The van der Waals surface area contributed by atoms with Gasteiger partial charge in [0.15, 0.2) is 0 Å². The summed E-state index contributed by atoms with van der Waals surface area (Å²) in [6, 6.07) is 3.17. The van der Waals surface area contributed by atoms with Gasteiger partial charge in [-0.2, -0.15) is 0 Å². The van der Waals surface area contributed by atoms with Gasteiger partial charge in [0.05, 0.1) is 0 Å². The Morgan fingerprint density at radius 3 is 1.69 bits per heavy atom. The maximum atomic E-state index is 2.57. The van der Waals surface area contributed by atoms with E-state index >= 15 is 0 Å². The van der Waals surface area contributed by atoms with Crippen LogP contribution in [-0.2, 0) is 20.9 Å². The fraction of sp³-hybridized carbons (Fsp3) is 0.636. The average molecular weight is 455 g/mol. The summed E-state index contributed by atoms with van der Waals surface area (Å²) in [5.74, 6) is 1.40. The van der Waals surface area contributed by atoms with E-state index in [0.717, 1.165) is 19.1 Å². The van der Waals surface area contributed by atoms with Crippen molar-refractivity contribution < 1.29 is 30.3 Å². The van der Waals surface area contributed by atoms with Gasteiger partial charge < -0.3 is 9.41 Å². The van der Waals surface area contributed by atoms with Gasteiger partial charge in [0, 0.05) is 0 Å². The van der Waals surface area contributed by atoms with Gasteiger partial charge in [-0.3, -0.25) is 0 Å². The van der Waals surface area contributed by atoms with Crippen molar-refractivity contribution in [1.29, 1.82) is 0 Å². The number of hydrogen-bond acceptors (Lipinski definition) is 0. The van der Waals surface area contributed by atoms with Crippen molar-refractivity contribution in [1.82, 2.24) is 0 Å². The van der Waals surface area contributed by atoms with Crippen LogP contribution < -0.4 is 9.41 Å². The standard InChI is InChI=1S/2C9H11.C4H11Si.2FH.Zr/c2*1-2-5-9-7-3-6-8(9)4-1;1-3-5-4-2;;;/h2*1-2,4,6,9H,3,5,7H2;5H,3-4H2,1-2H3;2*1H;/q;;;;;+2/p-2. The first-order valence-corrected chi connectivity index (χ1v) is 19.7. The maximum absolute atomic E-state index is 2.57. The molecule has 2 fully saturated rings. The zero-order valence-electron chi connectivity index (χ0n) is 16.3. The van der Waals surface area contributed by atoms with E-state index in [4.69, 9.17) is 0 Å². The first-order valence-electron chi connectivity index (χ1n) is 10.4. The van der Waals surface area contributed by atoms with Gasteiger partial charge >= 0.3 is 158 Å². The van der Waals surface area contributed by atoms with E-state index < -0.39 is 26.8 Å². The normalized spacial score (nSPS) is 31.5. The van der Waals surface area contributed by atoms with E-state index in [1.54, 1.807) is 24.9 Å². The van der Waals surface area contributed by atoms with Crippen LogP contribution in [-0.4, -0.2) is 5.92 Å². The molecular weight excluding hydrogens is 422 g/mol. The van der Waals surface area contributed by atoms with Gasteiger partial charge in [0.25, 0.3) is 0 Å². The molecule has 4 atom stereocenters. The molecular formula is C22H33F2SiZr. The molecule has 0 aromatic carbocycles. The second kappa shape index (κ2) is 9.92. The molecule has 0 bridgehead atoms. The predicted molar refractivity (Wildman–Crippen MR) is 105 cm³/mol. The number of allylic oxidation sites excluding steroid dienone is 8. The minimum atomic E-state index is -1.43. The molecule has 0 amide bonds. The molecule has 0 nitrogen and oxygen atoms in total. The van der Waals surface area contributed by atoms with Crippen LogP contribution in [0.3, 0.4) is 0 Å². The average Bonchev–Trinajstić information content (AvgIpc) is 3.24. The van der Waals surface area contributed by atoms with E-state index in [-0.39, 0.29) is 9.41 Å². The number of fused-ring (bicyclic) bond motifs is 2. The van der Waals surface area contributed by atoms with Crippen LogP contribution in [0.1, 0.15) is 52.4 Å². The van der Waals surface area contributed by atoms with Crippen LogP contribution >= 0.6 is 0 Å². The summed E-state index contributed by atoms with van der Waals surface area (Å²) in [6.07, 6.45) is 23.6. The van der Waals surface area contributed by atoms with E-state index in [1.165, 1.54) is 25.7 Å². The van der Waals surface area contributed by atoms with Gasteiger partial charge in [0.1, 0.15) is 0 Å². The molecule has 2 saturated carbocycles. The SMILES string of the molecule is CC[SiH](CC)[Zr+2]([CH]1CCC2CC=CC=C21)[CH]1CCC2CC=CC=C21.[F-].[F-]. The molecule has 0 aromatic heterocycles. The first kappa shape index (κ1) is 22.2. The van der Waals surface area contributed by atoms with E-state index in [9.17, 15) is 0 Å². The number of hydrogen-bond donors (Lipinski definition) is 0. The third kappa shape index (κ3) is 4.02. The Hall–Kier alpha value is -0.0800.